The van der Waals surface area contributed by atoms with Crippen molar-refractivity contribution in [2.75, 3.05) is 29.5 Å². The predicted octanol–water partition coefficient (Wildman–Crippen LogP) is 3.11. The van der Waals surface area contributed by atoms with E-state index >= 15 is 0 Å². The summed E-state index contributed by atoms with van der Waals surface area (Å²) in [5.41, 5.74) is 2.36. The molecule has 4 rings (SSSR count). The van der Waals surface area contributed by atoms with Gasteiger partial charge < -0.3 is 10.2 Å². The Labute approximate surface area is 156 Å². The Hall–Kier alpha value is -2.60. The fourth-order valence-corrected chi connectivity index (χ4v) is 3.98. The second kappa shape index (κ2) is 7.74. The van der Waals surface area contributed by atoms with Crippen molar-refractivity contribution in [1.82, 2.24) is 15.3 Å². The number of carbonyl (C=O) groups is 1. The summed E-state index contributed by atoms with van der Waals surface area (Å²) in [7, 11) is 0. The quantitative estimate of drug-likeness (QED) is 0.771. The van der Waals surface area contributed by atoms with E-state index in [0.29, 0.717) is 12.1 Å². The Bertz CT molecular complexity index is 910. The highest BCUT2D eigenvalue weighted by Crippen LogP contribution is 2.25. The number of hydrogen-bond donors (Lipinski definition) is 1. The maximum Gasteiger partial charge on any atom is 0.252 e. The molecule has 0 aliphatic carbocycles. The zero-order valence-corrected chi connectivity index (χ0v) is 15.2. The lowest BCUT2D eigenvalue weighted by Gasteiger charge is -2.28. The van der Waals surface area contributed by atoms with Gasteiger partial charge in [0.1, 0.15) is 5.82 Å². The normalized spacial score (nSPS) is 14.4. The van der Waals surface area contributed by atoms with Gasteiger partial charge in [0.25, 0.3) is 5.91 Å². The van der Waals surface area contributed by atoms with Crippen molar-refractivity contribution < 1.29 is 4.79 Å². The molecule has 1 aromatic carbocycles. The van der Waals surface area contributed by atoms with E-state index < -0.39 is 0 Å². The SMILES string of the molecule is O=C(NCc1ccccn1)c1cc(N2CCSCC2)nc2ccccc12. The van der Waals surface area contributed by atoms with Crippen LogP contribution in [0.4, 0.5) is 5.82 Å². The second-order valence-corrected chi connectivity index (χ2v) is 7.37. The number of rotatable bonds is 4. The lowest BCUT2D eigenvalue weighted by molar-refractivity contribution is 0.0952. The largest absolute Gasteiger partial charge is 0.355 e. The summed E-state index contributed by atoms with van der Waals surface area (Å²) in [5.74, 6) is 2.97. The summed E-state index contributed by atoms with van der Waals surface area (Å²) < 4.78 is 0. The first kappa shape index (κ1) is 16.8. The number of amides is 1. The van der Waals surface area contributed by atoms with Crippen LogP contribution in [0.3, 0.4) is 0 Å². The van der Waals surface area contributed by atoms with Gasteiger partial charge >= 0.3 is 0 Å². The molecule has 0 unspecified atom stereocenters. The number of thioether (sulfide) groups is 1. The van der Waals surface area contributed by atoms with Crippen LogP contribution in [0.15, 0.2) is 54.7 Å². The molecule has 0 saturated carbocycles. The molecule has 5 nitrogen and oxygen atoms in total. The molecule has 0 spiro atoms. The maximum absolute atomic E-state index is 12.9. The van der Waals surface area contributed by atoms with E-state index in [1.807, 2.05) is 60.3 Å². The van der Waals surface area contributed by atoms with Gasteiger partial charge in [-0.1, -0.05) is 24.3 Å². The number of pyridine rings is 2. The third-order valence-corrected chi connectivity index (χ3v) is 5.38. The van der Waals surface area contributed by atoms with Crippen LogP contribution >= 0.6 is 11.8 Å². The first-order chi connectivity index (χ1) is 12.8. The van der Waals surface area contributed by atoms with Crippen molar-refractivity contribution in [3.05, 3.63) is 66.0 Å². The van der Waals surface area contributed by atoms with Crippen molar-refractivity contribution in [3.63, 3.8) is 0 Å². The van der Waals surface area contributed by atoms with E-state index in [-0.39, 0.29) is 5.91 Å². The molecule has 1 saturated heterocycles. The number of fused-ring (bicyclic) bond motifs is 1. The third-order valence-electron chi connectivity index (χ3n) is 4.44. The summed E-state index contributed by atoms with van der Waals surface area (Å²) in [4.78, 5) is 24.2. The molecular formula is C20H20N4OS. The summed E-state index contributed by atoms with van der Waals surface area (Å²) in [6.45, 7) is 2.34. The van der Waals surface area contributed by atoms with Gasteiger partial charge in [-0.3, -0.25) is 9.78 Å². The maximum atomic E-state index is 12.9. The number of nitrogens with zero attached hydrogens (tertiary/aromatic N) is 3. The van der Waals surface area contributed by atoms with Crippen LogP contribution in [-0.4, -0.2) is 40.5 Å². The minimum Gasteiger partial charge on any atom is -0.355 e. The van der Waals surface area contributed by atoms with Crippen LogP contribution < -0.4 is 10.2 Å². The van der Waals surface area contributed by atoms with Crippen molar-refractivity contribution in [1.29, 1.82) is 0 Å². The third kappa shape index (κ3) is 3.65. The zero-order chi connectivity index (χ0) is 17.8. The molecule has 1 amide bonds. The van der Waals surface area contributed by atoms with Crippen molar-refractivity contribution in [3.8, 4) is 0 Å². The van der Waals surface area contributed by atoms with Gasteiger partial charge in [0.15, 0.2) is 0 Å². The number of aromatic nitrogens is 2. The van der Waals surface area contributed by atoms with Gasteiger partial charge in [0.2, 0.25) is 0 Å². The van der Waals surface area contributed by atoms with Crippen molar-refractivity contribution in [2.24, 2.45) is 0 Å². The standard InChI is InChI=1S/C20H20N4OS/c25-20(22-14-15-5-3-4-8-21-15)17-13-19(24-9-11-26-12-10-24)23-18-7-2-1-6-16(17)18/h1-8,13H,9-12,14H2,(H,22,25). The molecule has 1 N–H and O–H groups in total. The van der Waals surface area contributed by atoms with Gasteiger partial charge in [-0.05, 0) is 24.3 Å². The number of benzene rings is 1. The topological polar surface area (TPSA) is 58.1 Å². The number of anilines is 1. The molecule has 1 aliphatic heterocycles. The highest BCUT2D eigenvalue weighted by atomic mass is 32.2. The first-order valence-corrected chi connectivity index (χ1v) is 9.87. The number of para-hydroxylation sites is 1. The van der Waals surface area contributed by atoms with Gasteiger partial charge in [-0.15, -0.1) is 0 Å². The van der Waals surface area contributed by atoms with E-state index in [9.17, 15) is 4.79 Å². The van der Waals surface area contributed by atoms with Crippen molar-refractivity contribution in [2.45, 2.75) is 6.54 Å². The minimum atomic E-state index is -0.0955. The van der Waals surface area contributed by atoms with Gasteiger partial charge in [-0.25, -0.2) is 4.98 Å². The number of carbonyl (C=O) groups excluding carboxylic acids is 1. The zero-order valence-electron chi connectivity index (χ0n) is 14.4. The molecule has 2 aromatic heterocycles. The molecule has 0 atom stereocenters. The molecule has 0 radical (unpaired) electrons. The van der Waals surface area contributed by atoms with Gasteiger partial charge in [0, 0.05) is 36.2 Å². The summed E-state index contributed by atoms with van der Waals surface area (Å²) in [5, 5.41) is 3.86. The monoisotopic (exact) mass is 364 g/mol. The smallest absolute Gasteiger partial charge is 0.252 e. The predicted molar refractivity (Wildman–Crippen MR) is 107 cm³/mol. The van der Waals surface area contributed by atoms with E-state index in [1.54, 1.807) is 6.20 Å². The number of nitrogens with one attached hydrogen (secondary N) is 1. The van der Waals surface area contributed by atoms with Crippen LogP contribution in [0.2, 0.25) is 0 Å². The molecule has 1 fully saturated rings. The number of hydrogen-bond acceptors (Lipinski definition) is 5. The highest BCUT2D eigenvalue weighted by molar-refractivity contribution is 7.99. The Morgan fingerprint density at radius 1 is 1.12 bits per heavy atom. The van der Waals surface area contributed by atoms with Crippen LogP contribution in [0.25, 0.3) is 10.9 Å². The molecule has 132 valence electrons. The molecule has 1 aliphatic rings. The molecule has 3 heterocycles. The average molecular weight is 364 g/mol. The van der Waals surface area contributed by atoms with Crippen LogP contribution in [0.5, 0.6) is 0 Å². The van der Waals surface area contributed by atoms with Gasteiger partial charge in [-0.2, -0.15) is 11.8 Å². The summed E-state index contributed by atoms with van der Waals surface area (Å²) >= 11 is 1.96. The highest BCUT2D eigenvalue weighted by Gasteiger charge is 2.18. The Morgan fingerprint density at radius 2 is 1.92 bits per heavy atom. The first-order valence-electron chi connectivity index (χ1n) is 8.72. The fraction of sp³-hybridized carbons (Fsp3) is 0.250. The Balaban J connectivity index is 1.64. The van der Waals surface area contributed by atoms with Gasteiger partial charge in [0.05, 0.1) is 23.3 Å². The lowest BCUT2D eigenvalue weighted by atomic mass is 10.1. The van der Waals surface area contributed by atoms with Crippen LogP contribution in [0, 0.1) is 0 Å². The Kier molecular flexibility index (Phi) is 5.02. The van der Waals surface area contributed by atoms with Crippen LogP contribution in [0.1, 0.15) is 16.1 Å². The lowest BCUT2D eigenvalue weighted by Crippen LogP contribution is -2.33. The van der Waals surface area contributed by atoms with E-state index in [4.69, 9.17) is 4.98 Å². The fourth-order valence-electron chi connectivity index (χ4n) is 3.07. The average Bonchev–Trinajstić information content (AvgIpc) is 2.72. The molecular weight excluding hydrogens is 344 g/mol. The van der Waals surface area contributed by atoms with E-state index in [0.717, 1.165) is 47.0 Å². The van der Waals surface area contributed by atoms with E-state index in [2.05, 4.69) is 15.2 Å². The minimum absolute atomic E-state index is 0.0955. The van der Waals surface area contributed by atoms with Crippen molar-refractivity contribution >= 4 is 34.4 Å². The molecule has 26 heavy (non-hydrogen) atoms. The molecule has 0 bridgehead atoms. The van der Waals surface area contributed by atoms with Crippen LogP contribution in [-0.2, 0) is 6.54 Å². The summed E-state index contributed by atoms with van der Waals surface area (Å²) in [6, 6.07) is 15.4. The second-order valence-electron chi connectivity index (χ2n) is 6.15. The van der Waals surface area contributed by atoms with E-state index in [1.165, 1.54) is 0 Å². The molecule has 6 heteroatoms. The summed E-state index contributed by atoms with van der Waals surface area (Å²) in [6.07, 6.45) is 1.73. The Morgan fingerprint density at radius 3 is 2.73 bits per heavy atom. The molecule has 3 aromatic rings.